The molecule has 0 unspecified atom stereocenters. The van der Waals surface area contributed by atoms with E-state index in [0.29, 0.717) is 16.8 Å². The number of nitrogens with zero attached hydrogens (tertiary/aromatic N) is 1. The monoisotopic (exact) mass is 292 g/mol. The average molecular weight is 293 g/mol. The molecule has 19 heavy (non-hydrogen) atoms. The number of nitriles is 1. The van der Waals surface area contributed by atoms with Crippen molar-refractivity contribution < 1.29 is 4.79 Å². The molecule has 1 aliphatic rings. The van der Waals surface area contributed by atoms with E-state index in [-0.39, 0.29) is 10.7 Å². The molecule has 3 nitrogen and oxygen atoms in total. The number of carbonyl (C=O) groups excluding carboxylic acids is 1. The van der Waals surface area contributed by atoms with Crippen LogP contribution in [-0.2, 0) is 4.79 Å². The van der Waals surface area contributed by atoms with E-state index in [9.17, 15) is 4.79 Å². The van der Waals surface area contributed by atoms with E-state index < -0.39 is 0 Å². The fourth-order valence-electron chi connectivity index (χ4n) is 1.55. The Morgan fingerprint density at radius 1 is 1.42 bits per heavy atom. The molecule has 0 bridgehead atoms. The average Bonchev–Trinajstić information content (AvgIpc) is 3.17. The van der Waals surface area contributed by atoms with Gasteiger partial charge < -0.3 is 5.32 Å². The Morgan fingerprint density at radius 2 is 2.05 bits per heavy atom. The first kappa shape index (κ1) is 14.0. The maximum absolute atomic E-state index is 12.1. The standard InChI is InChI=1S/C14H13ClN2OS/c1-9(17-11-4-5-11)13(8-16)14(18)19-12-6-2-10(15)3-7-12/h2-3,6-7,11,17H,4-5H2,1H3/b13-9+. The zero-order chi connectivity index (χ0) is 13.8. The molecular formula is C14H13ClN2OS. The van der Waals surface area contributed by atoms with Gasteiger partial charge in [-0.05, 0) is 55.8 Å². The lowest BCUT2D eigenvalue weighted by Gasteiger charge is -2.07. The maximum atomic E-state index is 12.1. The molecule has 0 aliphatic heterocycles. The Bertz CT molecular complexity index is 556. The van der Waals surface area contributed by atoms with Crippen LogP contribution in [0, 0.1) is 11.3 Å². The van der Waals surface area contributed by atoms with Gasteiger partial charge in [-0.15, -0.1) is 0 Å². The second-order valence-electron chi connectivity index (χ2n) is 4.37. The maximum Gasteiger partial charge on any atom is 0.236 e. The molecule has 98 valence electrons. The molecule has 1 aromatic carbocycles. The van der Waals surface area contributed by atoms with E-state index in [1.54, 1.807) is 31.2 Å². The zero-order valence-electron chi connectivity index (χ0n) is 10.4. The van der Waals surface area contributed by atoms with E-state index in [4.69, 9.17) is 16.9 Å². The Hall–Kier alpha value is -1.44. The number of hydrogen-bond donors (Lipinski definition) is 1. The topological polar surface area (TPSA) is 52.9 Å². The van der Waals surface area contributed by atoms with E-state index in [0.717, 1.165) is 29.5 Å². The zero-order valence-corrected chi connectivity index (χ0v) is 12.0. The van der Waals surface area contributed by atoms with Crippen LogP contribution in [-0.4, -0.2) is 11.2 Å². The van der Waals surface area contributed by atoms with Crippen molar-refractivity contribution in [3.8, 4) is 6.07 Å². The van der Waals surface area contributed by atoms with Crippen molar-refractivity contribution in [2.45, 2.75) is 30.7 Å². The van der Waals surface area contributed by atoms with Crippen LogP contribution < -0.4 is 5.32 Å². The van der Waals surface area contributed by atoms with Crippen molar-refractivity contribution >= 4 is 28.5 Å². The van der Waals surface area contributed by atoms with Crippen molar-refractivity contribution in [1.82, 2.24) is 5.32 Å². The molecule has 1 aromatic rings. The van der Waals surface area contributed by atoms with Gasteiger partial charge in [-0.25, -0.2) is 0 Å². The number of carbonyl (C=O) groups is 1. The second kappa shape index (κ2) is 6.14. The molecule has 2 rings (SSSR count). The summed E-state index contributed by atoms with van der Waals surface area (Å²) in [6.07, 6.45) is 2.21. The van der Waals surface area contributed by atoms with Gasteiger partial charge in [0.15, 0.2) is 0 Å². The van der Waals surface area contributed by atoms with Crippen molar-refractivity contribution in [3.05, 3.63) is 40.6 Å². The van der Waals surface area contributed by atoms with Gasteiger partial charge in [0.25, 0.3) is 0 Å². The minimum atomic E-state index is -0.240. The highest BCUT2D eigenvalue weighted by molar-refractivity contribution is 8.14. The first-order valence-corrected chi connectivity index (χ1v) is 7.15. The summed E-state index contributed by atoms with van der Waals surface area (Å²) in [4.78, 5) is 12.9. The lowest BCUT2D eigenvalue weighted by molar-refractivity contribution is -0.107. The highest BCUT2D eigenvalue weighted by Gasteiger charge is 2.23. The number of thioether (sulfide) groups is 1. The van der Waals surface area contributed by atoms with Gasteiger partial charge in [-0.1, -0.05) is 11.6 Å². The lowest BCUT2D eigenvalue weighted by atomic mass is 10.2. The molecule has 1 aliphatic carbocycles. The molecule has 0 heterocycles. The molecule has 1 saturated carbocycles. The molecule has 5 heteroatoms. The molecule has 0 amide bonds. The van der Waals surface area contributed by atoms with E-state index in [2.05, 4.69) is 5.32 Å². The normalized spacial score (nSPS) is 15.4. The largest absolute Gasteiger partial charge is 0.385 e. The predicted octanol–water partition coefficient (Wildman–Crippen LogP) is 3.51. The van der Waals surface area contributed by atoms with Crippen molar-refractivity contribution in [2.24, 2.45) is 0 Å². The summed E-state index contributed by atoms with van der Waals surface area (Å²) in [7, 11) is 0. The first-order valence-electron chi connectivity index (χ1n) is 5.95. The van der Waals surface area contributed by atoms with Crippen LogP contribution in [0.4, 0.5) is 0 Å². The van der Waals surface area contributed by atoms with Gasteiger partial charge in [0.1, 0.15) is 11.6 Å². The van der Waals surface area contributed by atoms with Gasteiger partial charge in [-0.2, -0.15) is 5.26 Å². The first-order chi connectivity index (χ1) is 9.10. The quantitative estimate of drug-likeness (QED) is 0.524. The summed E-state index contributed by atoms with van der Waals surface area (Å²) in [5.41, 5.74) is 0.850. The van der Waals surface area contributed by atoms with E-state index >= 15 is 0 Å². The Balaban J connectivity index is 2.08. The van der Waals surface area contributed by atoms with Gasteiger partial charge in [0.05, 0.1) is 0 Å². The highest BCUT2D eigenvalue weighted by Crippen LogP contribution is 2.26. The van der Waals surface area contributed by atoms with Crippen LogP contribution in [0.3, 0.4) is 0 Å². The van der Waals surface area contributed by atoms with Gasteiger partial charge in [0, 0.05) is 21.7 Å². The smallest absolute Gasteiger partial charge is 0.236 e. The van der Waals surface area contributed by atoms with Crippen LogP contribution in [0.2, 0.25) is 5.02 Å². The van der Waals surface area contributed by atoms with Crippen LogP contribution in [0.15, 0.2) is 40.4 Å². The predicted molar refractivity (Wildman–Crippen MR) is 76.8 cm³/mol. The van der Waals surface area contributed by atoms with Crippen molar-refractivity contribution in [2.75, 3.05) is 0 Å². The Morgan fingerprint density at radius 3 is 2.58 bits per heavy atom. The fourth-order valence-corrected chi connectivity index (χ4v) is 2.46. The van der Waals surface area contributed by atoms with Crippen LogP contribution >= 0.6 is 23.4 Å². The summed E-state index contributed by atoms with van der Waals surface area (Å²) in [5.74, 6) is 0. The Labute approximate surface area is 121 Å². The third kappa shape index (κ3) is 4.02. The minimum Gasteiger partial charge on any atom is -0.385 e. The van der Waals surface area contributed by atoms with Gasteiger partial charge in [-0.3, -0.25) is 4.79 Å². The number of allylic oxidation sites excluding steroid dienone is 1. The van der Waals surface area contributed by atoms with Crippen LogP contribution in [0.1, 0.15) is 19.8 Å². The van der Waals surface area contributed by atoms with E-state index in [1.807, 2.05) is 6.07 Å². The number of benzene rings is 1. The van der Waals surface area contributed by atoms with E-state index in [1.165, 1.54) is 0 Å². The molecule has 0 aromatic heterocycles. The lowest BCUT2D eigenvalue weighted by Crippen LogP contribution is -2.17. The molecule has 0 spiro atoms. The van der Waals surface area contributed by atoms with Gasteiger partial charge >= 0.3 is 0 Å². The SMILES string of the molecule is C/C(NC1CC1)=C(/C#N)C(=O)Sc1ccc(Cl)cc1. The third-order valence-electron chi connectivity index (χ3n) is 2.71. The summed E-state index contributed by atoms with van der Waals surface area (Å²) >= 11 is 6.83. The summed E-state index contributed by atoms with van der Waals surface area (Å²) in [6.45, 7) is 1.77. The third-order valence-corrected chi connectivity index (χ3v) is 3.86. The number of halogens is 1. The number of nitrogens with one attached hydrogen (secondary N) is 1. The summed E-state index contributed by atoms with van der Waals surface area (Å²) in [6, 6.07) is 9.40. The summed E-state index contributed by atoms with van der Waals surface area (Å²) < 4.78 is 0. The van der Waals surface area contributed by atoms with Crippen LogP contribution in [0.5, 0.6) is 0 Å². The van der Waals surface area contributed by atoms with Crippen LogP contribution in [0.25, 0.3) is 0 Å². The molecule has 0 radical (unpaired) electrons. The molecule has 1 fully saturated rings. The second-order valence-corrected chi connectivity index (χ2v) is 5.86. The van der Waals surface area contributed by atoms with Crippen molar-refractivity contribution in [1.29, 1.82) is 5.26 Å². The summed E-state index contributed by atoms with van der Waals surface area (Å²) in [5, 5.41) is 12.7. The fraction of sp³-hybridized carbons (Fsp3) is 0.286. The highest BCUT2D eigenvalue weighted by atomic mass is 35.5. The minimum absolute atomic E-state index is 0.187. The number of rotatable bonds is 4. The van der Waals surface area contributed by atoms with Gasteiger partial charge in [0.2, 0.25) is 5.12 Å². The van der Waals surface area contributed by atoms with Crippen molar-refractivity contribution in [3.63, 3.8) is 0 Å². The number of hydrogen-bond acceptors (Lipinski definition) is 4. The Kier molecular flexibility index (Phi) is 4.52. The molecule has 0 saturated heterocycles. The molecule has 0 atom stereocenters. The molecule has 1 N–H and O–H groups in total. The molecular weight excluding hydrogens is 280 g/mol.